The molecule has 2 atom stereocenters. The van der Waals surface area contributed by atoms with Crippen molar-refractivity contribution in [2.24, 2.45) is 11.8 Å². The van der Waals surface area contributed by atoms with Crippen LogP contribution in [0.15, 0.2) is 18.2 Å². The Bertz CT molecular complexity index is 431. The Labute approximate surface area is 101 Å². The second kappa shape index (κ2) is 4.75. The number of amides is 1. The summed E-state index contributed by atoms with van der Waals surface area (Å²) in [6.07, 6.45) is 0.967. The quantitative estimate of drug-likeness (QED) is 0.836. The molecule has 17 heavy (non-hydrogen) atoms. The van der Waals surface area contributed by atoms with Crippen LogP contribution in [0.25, 0.3) is 0 Å². The van der Waals surface area contributed by atoms with Crippen LogP contribution in [0.3, 0.4) is 0 Å². The molecule has 0 aliphatic heterocycles. The Morgan fingerprint density at radius 1 is 1.59 bits per heavy atom. The van der Waals surface area contributed by atoms with E-state index in [0.717, 1.165) is 6.42 Å². The summed E-state index contributed by atoms with van der Waals surface area (Å²) in [5.41, 5.74) is 1.38. The van der Waals surface area contributed by atoms with Crippen molar-refractivity contribution in [1.29, 1.82) is 0 Å². The largest absolute Gasteiger partial charge is 0.496 e. The van der Waals surface area contributed by atoms with Crippen LogP contribution < -0.4 is 10.1 Å². The minimum absolute atomic E-state index is 0.0616. The van der Waals surface area contributed by atoms with Crippen LogP contribution in [0.5, 0.6) is 5.75 Å². The van der Waals surface area contributed by atoms with Crippen LogP contribution >= 0.6 is 0 Å². The van der Waals surface area contributed by atoms with Crippen molar-refractivity contribution in [3.8, 4) is 5.75 Å². The van der Waals surface area contributed by atoms with Gasteiger partial charge in [-0.15, -0.1) is 0 Å². The average molecular weight is 235 g/mol. The van der Waals surface area contributed by atoms with E-state index in [1.165, 1.54) is 0 Å². The highest BCUT2D eigenvalue weighted by Gasteiger charge is 2.39. The molecule has 0 bridgehead atoms. The average Bonchev–Trinajstić information content (AvgIpc) is 3.06. The van der Waals surface area contributed by atoms with E-state index in [-0.39, 0.29) is 18.4 Å². The molecule has 1 aliphatic carbocycles. The van der Waals surface area contributed by atoms with E-state index >= 15 is 0 Å². The van der Waals surface area contributed by atoms with E-state index in [4.69, 9.17) is 4.74 Å². The number of rotatable bonds is 4. The molecule has 0 radical (unpaired) electrons. The summed E-state index contributed by atoms with van der Waals surface area (Å²) in [7, 11) is 1.55. The third-order valence-corrected chi connectivity index (χ3v) is 3.16. The van der Waals surface area contributed by atoms with Crippen molar-refractivity contribution in [3.05, 3.63) is 23.8 Å². The van der Waals surface area contributed by atoms with Gasteiger partial charge in [0.05, 0.1) is 13.7 Å². The predicted octanol–water partition coefficient (Wildman–Crippen LogP) is 1.78. The van der Waals surface area contributed by atoms with Gasteiger partial charge in [0.2, 0.25) is 5.91 Å². The normalized spacial score (nSPS) is 22.1. The minimum Gasteiger partial charge on any atom is -0.496 e. The SMILES string of the molecule is COc1ccc(NC(=O)C2CC2C)cc1CO. The lowest BCUT2D eigenvalue weighted by molar-refractivity contribution is -0.117. The molecule has 1 amide bonds. The fourth-order valence-electron chi connectivity index (χ4n) is 1.90. The monoisotopic (exact) mass is 235 g/mol. The van der Waals surface area contributed by atoms with E-state index in [0.29, 0.717) is 22.9 Å². The van der Waals surface area contributed by atoms with Crippen molar-refractivity contribution in [2.75, 3.05) is 12.4 Å². The lowest BCUT2D eigenvalue weighted by atomic mass is 10.2. The standard InChI is InChI=1S/C13H17NO3/c1-8-5-11(8)13(16)14-10-3-4-12(17-2)9(6-10)7-15/h3-4,6,8,11,15H,5,7H2,1-2H3,(H,14,16). The van der Waals surface area contributed by atoms with Crippen molar-refractivity contribution in [2.45, 2.75) is 20.0 Å². The summed E-state index contributed by atoms with van der Waals surface area (Å²) in [6, 6.07) is 5.27. The molecule has 4 heteroatoms. The highest BCUT2D eigenvalue weighted by atomic mass is 16.5. The zero-order chi connectivity index (χ0) is 12.4. The van der Waals surface area contributed by atoms with Gasteiger partial charge in [0.15, 0.2) is 0 Å². The van der Waals surface area contributed by atoms with Gasteiger partial charge in [-0.1, -0.05) is 6.92 Å². The zero-order valence-electron chi connectivity index (χ0n) is 10.1. The lowest BCUT2D eigenvalue weighted by Crippen LogP contribution is -2.14. The lowest BCUT2D eigenvalue weighted by Gasteiger charge is -2.09. The molecule has 1 aromatic rings. The second-order valence-corrected chi connectivity index (χ2v) is 4.49. The summed E-state index contributed by atoms with van der Waals surface area (Å²) in [4.78, 5) is 11.7. The Hall–Kier alpha value is -1.55. The summed E-state index contributed by atoms with van der Waals surface area (Å²) in [6.45, 7) is 1.96. The van der Waals surface area contributed by atoms with Crippen LogP contribution in [-0.2, 0) is 11.4 Å². The van der Waals surface area contributed by atoms with Gasteiger partial charge >= 0.3 is 0 Å². The van der Waals surface area contributed by atoms with Gasteiger partial charge in [0.1, 0.15) is 5.75 Å². The molecule has 0 heterocycles. The maximum Gasteiger partial charge on any atom is 0.227 e. The van der Waals surface area contributed by atoms with Crippen molar-refractivity contribution >= 4 is 11.6 Å². The number of hydrogen-bond donors (Lipinski definition) is 2. The molecular formula is C13H17NO3. The van der Waals surface area contributed by atoms with E-state index in [2.05, 4.69) is 12.2 Å². The number of carbonyl (C=O) groups excluding carboxylic acids is 1. The Kier molecular flexibility index (Phi) is 3.33. The first-order chi connectivity index (χ1) is 8.15. The first kappa shape index (κ1) is 11.9. The summed E-state index contributed by atoms with van der Waals surface area (Å²) >= 11 is 0. The van der Waals surface area contributed by atoms with Crippen LogP contribution in [-0.4, -0.2) is 18.1 Å². The Balaban J connectivity index is 2.08. The number of methoxy groups -OCH3 is 1. The molecular weight excluding hydrogens is 218 g/mol. The Morgan fingerprint density at radius 2 is 2.29 bits per heavy atom. The van der Waals surface area contributed by atoms with Crippen molar-refractivity contribution in [3.63, 3.8) is 0 Å². The summed E-state index contributed by atoms with van der Waals surface area (Å²) in [5, 5.41) is 12.0. The zero-order valence-corrected chi connectivity index (χ0v) is 10.1. The first-order valence-corrected chi connectivity index (χ1v) is 5.74. The maximum atomic E-state index is 11.7. The fourth-order valence-corrected chi connectivity index (χ4v) is 1.90. The minimum atomic E-state index is -0.104. The number of aliphatic hydroxyl groups excluding tert-OH is 1. The number of ether oxygens (including phenoxy) is 1. The number of aliphatic hydroxyl groups is 1. The fraction of sp³-hybridized carbons (Fsp3) is 0.462. The van der Waals surface area contributed by atoms with Crippen LogP contribution in [0, 0.1) is 11.8 Å². The molecule has 2 rings (SSSR count). The van der Waals surface area contributed by atoms with Crippen LogP contribution in [0.4, 0.5) is 5.69 Å². The molecule has 4 nitrogen and oxygen atoms in total. The molecule has 0 saturated heterocycles. The molecule has 0 spiro atoms. The smallest absolute Gasteiger partial charge is 0.227 e. The first-order valence-electron chi connectivity index (χ1n) is 5.74. The topological polar surface area (TPSA) is 58.6 Å². The van der Waals surface area contributed by atoms with E-state index in [1.807, 2.05) is 0 Å². The van der Waals surface area contributed by atoms with E-state index in [1.54, 1.807) is 25.3 Å². The van der Waals surface area contributed by atoms with Crippen molar-refractivity contribution < 1.29 is 14.6 Å². The molecule has 1 saturated carbocycles. The van der Waals surface area contributed by atoms with Gasteiger partial charge in [-0.25, -0.2) is 0 Å². The second-order valence-electron chi connectivity index (χ2n) is 4.49. The summed E-state index contributed by atoms with van der Waals surface area (Å²) < 4.78 is 5.10. The molecule has 92 valence electrons. The van der Waals surface area contributed by atoms with E-state index in [9.17, 15) is 9.90 Å². The third kappa shape index (κ3) is 2.58. The molecule has 1 aromatic carbocycles. The van der Waals surface area contributed by atoms with Crippen molar-refractivity contribution in [1.82, 2.24) is 0 Å². The molecule has 1 fully saturated rings. The van der Waals surface area contributed by atoms with E-state index < -0.39 is 0 Å². The molecule has 2 unspecified atom stereocenters. The van der Waals surface area contributed by atoms with Gasteiger partial charge in [-0.3, -0.25) is 4.79 Å². The van der Waals surface area contributed by atoms with Gasteiger partial charge in [-0.05, 0) is 30.5 Å². The van der Waals surface area contributed by atoms with Gasteiger partial charge in [0.25, 0.3) is 0 Å². The van der Waals surface area contributed by atoms with Gasteiger partial charge in [-0.2, -0.15) is 0 Å². The number of benzene rings is 1. The highest BCUT2D eigenvalue weighted by molar-refractivity contribution is 5.94. The third-order valence-electron chi connectivity index (χ3n) is 3.16. The Morgan fingerprint density at radius 3 is 2.82 bits per heavy atom. The predicted molar refractivity (Wildman–Crippen MR) is 64.8 cm³/mol. The van der Waals surface area contributed by atoms with Crippen LogP contribution in [0.1, 0.15) is 18.9 Å². The number of hydrogen-bond acceptors (Lipinski definition) is 3. The van der Waals surface area contributed by atoms with Crippen LogP contribution in [0.2, 0.25) is 0 Å². The molecule has 0 aromatic heterocycles. The van der Waals surface area contributed by atoms with Gasteiger partial charge in [0, 0.05) is 17.2 Å². The number of anilines is 1. The number of nitrogens with one attached hydrogen (secondary N) is 1. The maximum absolute atomic E-state index is 11.7. The number of carbonyl (C=O) groups is 1. The van der Waals surface area contributed by atoms with Gasteiger partial charge < -0.3 is 15.2 Å². The molecule has 1 aliphatic rings. The molecule has 2 N–H and O–H groups in total. The summed E-state index contributed by atoms with van der Waals surface area (Å²) in [5.74, 6) is 1.33. The highest BCUT2D eigenvalue weighted by Crippen LogP contribution is 2.38.